The van der Waals surface area contributed by atoms with Gasteiger partial charge >= 0.3 is 0 Å². The zero-order chi connectivity index (χ0) is 18.7. The highest BCUT2D eigenvalue weighted by atomic mass is 32.1. The second-order valence-corrected chi connectivity index (χ2v) is 6.90. The van der Waals surface area contributed by atoms with Crippen LogP contribution < -0.4 is 5.32 Å². The zero-order valence-corrected chi connectivity index (χ0v) is 16.4. The molecule has 0 aliphatic carbocycles. The number of aromatic nitrogens is 4. The van der Waals surface area contributed by atoms with Crippen molar-refractivity contribution < 1.29 is 0 Å². The Hall–Kier alpha value is -2.67. The molecule has 3 rings (SSSR count). The van der Waals surface area contributed by atoms with Crippen molar-refractivity contribution in [1.82, 2.24) is 24.5 Å². The summed E-state index contributed by atoms with van der Waals surface area (Å²) < 4.78 is 3.79. The molecule has 7 heteroatoms. The minimum Gasteiger partial charge on any atom is -0.348 e. The van der Waals surface area contributed by atoms with Gasteiger partial charge in [0.25, 0.3) is 0 Å². The van der Waals surface area contributed by atoms with Crippen LogP contribution in [0.15, 0.2) is 42.9 Å². The molecular weight excluding hydrogens is 344 g/mol. The van der Waals surface area contributed by atoms with Crippen molar-refractivity contribution in [1.29, 1.82) is 0 Å². The van der Waals surface area contributed by atoms with Crippen molar-refractivity contribution in [3.8, 4) is 0 Å². The fourth-order valence-electron chi connectivity index (χ4n) is 2.72. The van der Waals surface area contributed by atoms with Gasteiger partial charge in [0.15, 0.2) is 5.11 Å². The molecule has 26 heavy (non-hydrogen) atoms. The molecule has 0 aliphatic heterocycles. The normalized spacial score (nSPS) is 10.8. The first-order valence-corrected chi connectivity index (χ1v) is 8.91. The Morgan fingerprint density at radius 2 is 1.92 bits per heavy atom. The Kier molecular flexibility index (Phi) is 5.37. The van der Waals surface area contributed by atoms with Gasteiger partial charge in [0.05, 0.1) is 24.6 Å². The average Bonchev–Trinajstić information content (AvgIpc) is 3.18. The lowest BCUT2D eigenvalue weighted by Crippen LogP contribution is -2.30. The lowest BCUT2D eigenvalue weighted by Gasteiger charge is -2.20. The first-order chi connectivity index (χ1) is 12.4. The predicted octanol–water partition coefficient (Wildman–Crippen LogP) is 3.11. The largest absolute Gasteiger partial charge is 0.348 e. The molecule has 0 spiro atoms. The molecule has 0 aliphatic rings. The van der Waals surface area contributed by atoms with Gasteiger partial charge in [-0.25, -0.2) is 0 Å². The second-order valence-electron chi connectivity index (χ2n) is 6.52. The lowest BCUT2D eigenvalue weighted by atomic mass is 10.1. The van der Waals surface area contributed by atoms with Gasteiger partial charge in [-0.3, -0.25) is 9.36 Å². The fraction of sp³-hybridized carbons (Fsp3) is 0.316. The molecule has 0 atom stereocenters. The maximum Gasteiger partial charge on any atom is 0.173 e. The van der Waals surface area contributed by atoms with Crippen molar-refractivity contribution >= 4 is 23.0 Å². The Morgan fingerprint density at radius 1 is 1.15 bits per heavy atom. The summed E-state index contributed by atoms with van der Waals surface area (Å²) in [5, 5.41) is 12.6. The topological polar surface area (TPSA) is 50.9 Å². The predicted molar refractivity (Wildman–Crippen MR) is 108 cm³/mol. The molecule has 1 N–H and O–H groups in total. The van der Waals surface area contributed by atoms with E-state index in [0.29, 0.717) is 11.7 Å². The molecule has 2 heterocycles. The first kappa shape index (κ1) is 18.1. The summed E-state index contributed by atoms with van der Waals surface area (Å²) in [6.07, 6.45) is 5.66. The number of thiocarbonyl (C=S) groups is 1. The third kappa shape index (κ3) is 4.11. The number of rotatable bonds is 5. The van der Waals surface area contributed by atoms with Crippen LogP contribution in [0.4, 0.5) is 5.69 Å². The molecule has 0 amide bonds. The summed E-state index contributed by atoms with van der Waals surface area (Å²) in [4.78, 5) is 2.00. The highest BCUT2D eigenvalue weighted by molar-refractivity contribution is 7.80. The van der Waals surface area contributed by atoms with Gasteiger partial charge in [-0.1, -0.05) is 24.3 Å². The van der Waals surface area contributed by atoms with Gasteiger partial charge in [-0.15, -0.1) is 0 Å². The van der Waals surface area contributed by atoms with E-state index in [1.54, 1.807) is 6.20 Å². The van der Waals surface area contributed by atoms with Crippen LogP contribution in [0, 0.1) is 13.8 Å². The molecule has 0 bridgehead atoms. The fourth-order valence-corrected chi connectivity index (χ4v) is 2.90. The average molecular weight is 369 g/mol. The van der Waals surface area contributed by atoms with Crippen molar-refractivity contribution in [2.24, 2.45) is 7.05 Å². The summed E-state index contributed by atoms with van der Waals surface area (Å²) in [5.41, 5.74) is 5.71. The van der Waals surface area contributed by atoms with Gasteiger partial charge in [0, 0.05) is 38.1 Å². The zero-order valence-electron chi connectivity index (χ0n) is 15.6. The molecule has 1 aromatic carbocycles. The number of hydrogen-bond donors (Lipinski definition) is 1. The van der Waals surface area contributed by atoms with Crippen molar-refractivity contribution in [3.63, 3.8) is 0 Å². The van der Waals surface area contributed by atoms with E-state index in [2.05, 4.69) is 47.6 Å². The molecule has 0 fully saturated rings. The van der Waals surface area contributed by atoms with E-state index in [0.717, 1.165) is 23.5 Å². The minimum absolute atomic E-state index is 0.656. The van der Waals surface area contributed by atoms with Gasteiger partial charge in [-0.05, 0) is 37.2 Å². The molecule has 0 unspecified atom stereocenters. The number of nitrogens with zero attached hydrogens (tertiary/aromatic N) is 5. The Bertz CT molecular complexity index is 910. The first-order valence-electron chi connectivity index (χ1n) is 8.50. The van der Waals surface area contributed by atoms with E-state index in [1.165, 1.54) is 11.1 Å². The van der Waals surface area contributed by atoms with Crippen LogP contribution in [0.25, 0.3) is 0 Å². The summed E-state index contributed by atoms with van der Waals surface area (Å²) in [6, 6.07) is 8.34. The van der Waals surface area contributed by atoms with Crippen LogP contribution in [0.5, 0.6) is 0 Å². The summed E-state index contributed by atoms with van der Waals surface area (Å²) in [7, 11) is 3.91. The molecular formula is C19H24N6S. The van der Waals surface area contributed by atoms with Crippen LogP contribution in [0.1, 0.15) is 22.4 Å². The second kappa shape index (κ2) is 7.70. The third-order valence-electron chi connectivity index (χ3n) is 4.57. The third-order valence-corrected chi connectivity index (χ3v) is 4.98. The van der Waals surface area contributed by atoms with Crippen LogP contribution in [0.3, 0.4) is 0 Å². The molecule has 0 radical (unpaired) electrons. The van der Waals surface area contributed by atoms with Gasteiger partial charge in [-0.2, -0.15) is 10.2 Å². The Balaban J connectivity index is 1.60. The number of hydrogen-bond acceptors (Lipinski definition) is 3. The van der Waals surface area contributed by atoms with E-state index in [4.69, 9.17) is 12.2 Å². The standard InChI is InChI=1S/C19H24N6S/c1-14-7-5-6-8-16(14)12-25-13-18(10-21-25)22-19(26)23(3)11-17-9-20-24(4)15(17)2/h5-10,13H,11-12H2,1-4H3,(H,22,26). The maximum atomic E-state index is 5.52. The molecule has 136 valence electrons. The highest BCUT2D eigenvalue weighted by Crippen LogP contribution is 2.13. The molecule has 2 aromatic heterocycles. The summed E-state index contributed by atoms with van der Waals surface area (Å²) >= 11 is 5.52. The lowest BCUT2D eigenvalue weighted by molar-refractivity contribution is 0.506. The molecule has 3 aromatic rings. The number of nitrogens with one attached hydrogen (secondary N) is 1. The van der Waals surface area contributed by atoms with Gasteiger partial charge in [0.2, 0.25) is 0 Å². The summed E-state index contributed by atoms with van der Waals surface area (Å²) in [6.45, 7) is 5.62. The summed E-state index contributed by atoms with van der Waals surface area (Å²) in [5.74, 6) is 0. The smallest absolute Gasteiger partial charge is 0.173 e. The number of anilines is 1. The van der Waals surface area contributed by atoms with Gasteiger partial charge in [0.1, 0.15) is 0 Å². The molecule has 6 nitrogen and oxygen atoms in total. The van der Waals surface area contributed by atoms with E-state index >= 15 is 0 Å². The Morgan fingerprint density at radius 3 is 2.62 bits per heavy atom. The number of aryl methyl sites for hydroxylation is 2. The van der Waals surface area contributed by atoms with Crippen LogP contribution in [-0.2, 0) is 20.1 Å². The van der Waals surface area contributed by atoms with Crippen LogP contribution in [0.2, 0.25) is 0 Å². The van der Waals surface area contributed by atoms with E-state index in [1.807, 2.05) is 46.8 Å². The quantitative estimate of drug-likeness (QED) is 0.701. The molecule has 0 saturated carbocycles. The number of benzene rings is 1. The molecule has 0 saturated heterocycles. The highest BCUT2D eigenvalue weighted by Gasteiger charge is 2.11. The minimum atomic E-state index is 0.656. The van der Waals surface area contributed by atoms with E-state index in [-0.39, 0.29) is 0 Å². The maximum absolute atomic E-state index is 5.52. The van der Waals surface area contributed by atoms with Crippen LogP contribution >= 0.6 is 12.2 Å². The van der Waals surface area contributed by atoms with Crippen molar-refractivity contribution in [3.05, 3.63) is 65.2 Å². The Labute approximate surface area is 159 Å². The van der Waals surface area contributed by atoms with Crippen molar-refractivity contribution in [2.75, 3.05) is 12.4 Å². The van der Waals surface area contributed by atoms with Crippen LogP contribution in [-0.4, -0.2) is 36.6 Å². The monoisotopic (exact) mass is 368 g/mol. The van der Waals surface area contributed by atoms with E-state index < -0.39 is 0 Å². The SMILES string of the molecule is Cc1ccccc1Cn1cc(NC(=S)N(C)Cc2cnn(C)c2C)cn1. The van der Waals surface area contributed by atoms with Crippen molar-refractivity contribution in [2.45, 2.75) is 26.9 Å². The van der Waals surface area contributed by atoms with E-state index in [9.17, 15) is 0 Å². The van der Waals surface area contributed by atoms with Gasteiger partial charge < -0.3 is 10.2 Å².